The molecule has 0 atom stereocenters. The van der Waals surface area contributed by atoms with Gasteiger partial charge in [0.1, 0.15) is 0 Å². The smallest absolute Gasteiger partial charge is 0.338 e. The zero-order valence-electron chi connectivity index (χ0n) is 14.5. The lowest BCUT2D eigenvalue weighted by Gasteiger charge is -2.23. The van der Waals surface area contributed by atoms with E-state index in [0.29, 0.717) is 12.2 Å². The molecule has 0 spiro atoms. The standard InChI is InChI=1S/C22H21O2PS/c23-22(19-11-4-1-5-12-19)24-17-10-18-25(26,20-13-6-2-7-14-20)21-15-8-3-9-16-21/h1-9,11-16H,10,17-18H2. The Kier molecular flexibility index (Phi) is 6.38. The zero-order valence-corrected chi connectivity index (χ0v) is 16.2. The van der Waals surface area contributed by atoms with E-state index < -0.39 is 6.04 Å². The maximum atomic E-state index is 12.1. The third-order valence-corrected chi connectivity index (χ3v) is 9.23. The van der Waals surface area contributed by atoms with E-state index in [-0.39, 0.29) is 5.97 Å². The molecule has 4 heteroatoms. The van der Waals surface area contributed by atoms with Gasteiger partial charge in [0.25, 0.3) is 0 Å². The van der Waals surface area contributed by atoms with Gasteiger partial charge < -0.3 is 4.74 Å². The Morgan fingerprint density at radius 3 is 1.73 bits per heavy atom. The summed E-state index contributed by atoms with van der Waals surface area (Å²) in [5, 5.41) is 2.41. The number of rotatable bonds is 7. The first-order valence-corrected chi connectivity index (χ1v) is 11.6. The second-order valence-corrected chi connectivity index (χ2v) is 10.8. The van der Waals surface area contributed by atoms with Gasteiger partial charge in [0, 0.05) is 6.04 Å². The highest BCUT2D eigenvalue weighted by atomic mass is 32.4. The van der Waals surface area contributed by atoms with Gasteiger partial charge in [-0.15, -0.1) is 0 Å². The summed E-state index contributed by atoms with van der Waals surface area (Å²) in [7, 11) is 0. The maximum absolute atomic E-state index is 12.1. The Labute approximate surface area is 159 Å². The highest BCUT2D eigenvalue weighted by Gasteiger charge is 2.21. The molecule has 0 amide bonds. The van der Waals surface area contributed by atoms with Crippen LogP contribution in [0, 0.1) is 0 Å². The molecule has 26 heavy (non-hydrogen) atoms. The molecule has 0 bridgehead atoms. The monoisotopic (exact) mass is 380 g/mol. The first kappa shape index (κ1) is 18.6. The molecule has 0 heterocycles. The van der Waals surface area contributed by atoms with Crippen molar-refractivity contribution >= 4 is 34.4 Å². The fraction of sp³-hybridized carbons (Fsp3) is 0.136. The van der Waals surface area contributed by atoms with Crippen LogP contribution in [-0.2, 0) is 16.5 Å². The van der Waals surface area contributed by atoms with Gasteiger partial charge in [0.05, 0.1) is 12.2 Å². The molecule has 0 radical (unpaired) electrons. The van der Waals surface area contributed by atoms with Crippen molar-refractivity contribution in [3.8, 4) is 0 Å². The molecule has 0 saturated carbocycles. The number of carbonyl (C=O) groups excluding carboxylic acids is 1. The molecule has 3 rings (SSSR count). The molecule has 0 saturated heterocycles. The normalized spacial score (nSPS) is 11.1. The van der Waals surface area contributed by atoms with Crippen molar-refractivity contribution in [1.82, 2.24) is 0 Å². The summed E-state index contributed by atoms with van der Waals surface area (Å²) in [5.41, 5.74) is 0.582. The third kappa shape index (κ3) is 4.49. The molecule has 3 aromatic carbocycles. The Hall–Kier alpha value is -2.22. The van der Waals surface area contributed by atoms with E-state index in [4.69, 9.17) is 16.5 Å². The van der Waals surface area contributed by atoms with Crippen LogP contribution >= 0.6 is 6.04 Å². The Balaban J connectivity index is 1.68. The predicted molar refractivity (Wildman–Crippen MR) is 113 cm³/mol. The first-order valence-electron chi connectivity index (χ1n) is 8.62. The number of hydrogen-bond acceptors (Lipinski definition) is 3. The summed E-state index contributed by atoms with van der Waals surface area (Å²) in [4.78, 5) is 12.1. The summed E-state index contributed by atoms with van der Waals surface area (Å²) in [6, 6.07) is 27.8. The summed E-state index contributed by atoms with van der Waals surface area (Å²) in [6.07, 6.45) is 1.58. The molecule has 0 N–H and O–H groups in total. The molecule has 2 nitrogen and oxygen atoms in total. The lowest BCUT2D eigenvalue weighted by Crippen LogP contribution is -2.19. The van der Waals surface area contributed by atoms with Crippen molar-refractivity contribution in [2.45, 2.75) is 6.42 Å². The molecule has 0 aliphatic carbocycles. The second-order valence-electron chi connectivity index (χ2n) is 5.99. The first-order chi connectivity index (χ1) is 12.7. The van der Waals surface area contributed by atoms with Crippen LogP contribution in [0.15, 0.2) is 91.0 Å². The molecule has 0 aliphatic rings. The molecule has 132 valence electrons. The van der Waals surface area contributed by atoms with Crippen molar-refractivity contribution in [2.75, 3.05) is 12.8 Å². The number of ether oxygens (including phenoxy) is 1. The molecule has 0 unspecified atom stereocenters. The highest BCUT2D eigenvalue weighted by Crippen LogP contribution is 2.44. The van der Waals surface area contributed by atoms with Crippen LogP contribution in [0.5, 0.6) is 0 Å². The molecule has 0 fully saturated rings. The van der Waals surface area contributed by atoms with Gasteiger partial charge >= 0.3 is 5.97 Å². The number of carbonyl (C=O) groups is 1. The average Bonchev–Trinajstić information content (AvgIpc) is 2.73. The van der Waals surface area contributed by atoms with E-state index in [0.717, 1.165) is 12.6 Å². The largest absolute Gasteiger partial charge is 0.462 e. The summed E-state index contributed by atoms with van der Waals surface area (Å²) in [5.74, 6) is -0.279. The van der Waals surface area contributed by atoms with Gasteiger partial charge in [-0.05, 0) is 35.3 Å². The summed E-state index contributed by atoms with van der Waals surface area (Å²) in [6.45, 7) is 0.381. The number of hydrogen-bond donors (Lipinski definition) is 0. The van der Waals surface area contributed by atoms with Crippen molar-refractivity contribution in [3.63, 3.8) is 0 Å². The fourth-order valence-electron chi connectivity index (χ4n) is 2.85. The van der Waals surface area contributed by atoms with E-state index >= 15 is 0 Å². The molecule has 0 aliphatic heterocycles. The minimum atomic E-state index is -1.91. The molecule has 0 aromatic heterocycles. The highest BCUT2D eigenvalue weighted by molar-refractivity contribution is 8.21. The fourth-order valence-corrected chi connectivity index (χ4v) is 6.67. The van der Waals surface area contributed by atoms with Crippen LogP contribution in [0.4, 0.5) is 0 Å². The SMILES string of the molecule is O=C(OCCCP(=S)(c1ccccc1)c1ccccc1)c1ccccc1. The third-order valence-electron chi connectivity index (χ3n) is 4.21. The van der Waals surface area contributed by atoms with Gasteiger partial charge in [-0.2, -0.15) is 0 Å². The van der Waals surface area contributed by atoms with Crippen molar-refractivity contribution < 1.29 is 9.53 Å². The zero-order chi connectivity index (χ0) is 18.2. The van der Waals surface area contributed by atoms with Gasteiger partial charge in [-0.25, -0.2) is 4.79 Å². The number of benzene rings is 3. The Morgan fingerprint density at radius 1 is 0.769 bits per heavy atom. The topological polar surface area (TPSA) is 26.3 Å². The number of esters is 1. The lowest BCUT2D eigenvalue weighted by molar-refractivity contribution is 0.0506. The predicted octanol–water partition coefficient (Wildman–Crippen LogP) is 4.36. The van der Waals surface area contributed by atoms with Gasteiger partial charge in [0.2, 0.25) is 0 Å². The van der Waals surface area contributed by atoms with E-state index in [1.165, 1.54) is 10.6 Å². The van der Waals surface area contributed by atoms with Crippen LogP contribution in [0.25, 0.3) is 0 Å². The quantitative estimate of drug-likeness (QED) is 0.346. The van der Waals surface area contributed by atoms with E-state index in [1.54, 1.807) is 12.1 Å². The molecular formula is C22H21O2PS. The van der Waals surface area contributed by atoms with Crippen LogP contribution in [-0.4, -0.2) is 18.7 Å². The second kappa shape index (κ2) is 8.93. The average molecular weight is 380 g/mol. The van der Waals surface area contributed by atoms with Crippen LogP contribution in [0.1, 0.15) is 16.8 Å². The van der Waals surface area contributed by atoms with Gasteiger partial charge in [0.15, 0.2) is 0 Å². The van der Waals surface area contributed by atoms with Crippen molar-refractivity contribution in [3.05, 3.63) is 96.6 Å². The van der Waals surface area contributed by atoms with E-state index in [1.807, 2.05) is 54.6 Å². The van der Waals surface area contributed by atoms with Crippen molar-refractivity contribution in [2.24, 2.45) is 0 Å². The Bertz CT molecular complexity index is 836. The van der Waals surface area contributed by atoms with Gasteiger partial charge in [-0.3, -0.25) is 0 Å². The molecule has 3 aromatic rings. The van der Waals surface area contributed by atoms with Gasteiger partial charge in [-0.1, -0.05) is 90.7 Å². The molecular weight excluding hydrogens is 359 g/mol. The van der Waals surface area contributed by atoms with Crippen molar-refractivity contribution in [1.29, 1.82) is 0 Å². The van der Waals surface area contributed by atoms with E-state index in [2.05, 4.69) is 24.3 Å². The van der Waals surface area contributed by atoms with E-state index in [9.17, 15) is 4.79 Å². The minimum absolute atomic E-state index is 0.279. The Morgan fingerprint density at radius 2 is 1.23 bits per heavy atom. The summed E-state index contributed by atoms with van der Waals surface area (Å²) >= 11 is 6.18. The summed E-state index contributed by atoms with van der Waals surface area (Å²) < 4.78 is 5.43. The van der Waals surface area contributed by atoms with Crippen LogP contribution in [0.2, 0.25) is 0 Å². The maximum Gasteiger partial charge on any atom is 0.338 e. The minimum Gasteiger partial charge on any atom is -0.462 e. The van der Waals surface area contributed by atoms with Crippen LogP contribution in [0.3, 0.4) is 0 Å². The lowest BCUT2D eigenvalue weighted by atomic mass is 10.2. The van der Waals surface area contributed by atoms with Crippen LogP contribution < -0.4 is 10.6 Å².